The molecule has 1 aliphatic carbocycles. The maximum atomic E-state index is 9.79. The van der Waals surface area contributed by atoms with Crippen molar-refractivity contribution in [3.8, 4) is 0 Å². The molecule has 2 aromatic rings. The van der Waals surface area contributed by atoms with Crippen LogP contribution >= 0.6 is 0 Å². The van der Waals surface area contributed by atoms with Crippen LogP contribution in [-0.2, 0) is 6.54 Å². The lowest BCUT2D eigenvalue weighted by molar-refractivity contribution is 0.200. The minimum atomic E-state index is -0.448. The number of hydrogen-bond acceptors (Lipinski definition) is 2. The molecule has 1 fully saturated rings. The van der Waals surface area contributed by atoms with E-state index in [0.29, 0.717) is 0 Å². The molecule has 0 radical (unpaired) electrons. The molecule has 1 saturated carbocycles. The number of aliphatic hydroxyl groups is 1. The summed E-state index contributed by atoms with van der Waals surface area (Å²) >= 11 is 0. The van der Waals surface area contributed by atoms with Gasteiger partial charge in [-0.05, 0) is 42.9 Å². The molecule has 2 nitrogen and oxygen atoms in total. The summed E-state index contributed by atoms with van der Waals surface area (Å²) in [4.78, 5) is 0. The van der Waals surface area contributed by atoms with Gasteiger partial charge in [0.05, 0.1) is 6.10 Å². The zero-order chi connectivity index (χ0) is 13.9. The fraction of sp³-hybridized carbons (Fsp3) is 0.333. The largest absolute Gasteiger partial charge is 0.389 e. The second kappa shape index (κ2) is 5.68. The van der Waals surface area contributed by atoms with Crippen molar-refractivity contribution in [2.45, 2.75) is 38.3 Å². The molecule has 104 valence electrons. The van der Waals surface area contributed by atoms with Gasteiger partial charge in [-0.2, -0.15) is 0 Å². The molecule has 0 aromatic heterocycles. The fourth-order valence-corrected chi connectivity index (χ4v) is 2.59. The summed E-state index contributed by atoms with van der Waals surface area (Å²) in [7, 11) is 0. The number of hydrogen-bond donors (Lipinski definition) is 2. The highest BCUT2D eigenvalue weighted by Gasteiger charge is 2.23. The predicted octanol–water partition coefficient (Wildman–Crippen LogP) is 4.23. The summed E-state index contributed by atoms with van der Waals surface area (Å²) in [5.41, 5.74) is 4.73. The fourth-order valence-electron chi connectivity index (χ4n) is 2.59. The zero-order valence-electron chi connectivity index (χ0n) is 11.8. The lowest BCUT2D eigenvalue weighted by Gasteiger charge is -2.14. The smallest absolute Gasteiger partial charge is 0.0781 e. The molecule has 0 amide bonds. The van der Waals surface area contributed by atoms with E-state index >= 15 is 0 Å². The average molecular weight is 267 g/mol. The Labute approximate surface area is 120 Å². The lowest BCUT2D eigenvalue weighted by Crippen LogP contribution is -2.04. The third-order valence-corrected chi connectivity index (χ3v) is 3.89. The first-order chi connectivity index (χ1) is 9.74. The monoisotopic (exact) mass is 267 g/mol. The van der Waals surface area contributed by atoms with Crippen LogP contribution in [0.4, 0.5) is 5.69 Å². The number of anilines is 1. The molecule has 1 atom stereocenters. The van der Waals surface area contributed by atoms with Crippen LogP contribution in [-0.4, -0.2) is 5.11 Å². The van der Waals surface area contributed by atoms with Crippen molar-refractivity contribution in [3.63, 3.8) is 0 Å². The molecule has 2 aromatic carbocycles. The van der Waals surface area contributed by atoms with Crippen molar-refractivity contribution in [2.24, 2.45) is 0 Å². The van der Waals surface area contributed by atoms with Crippen molar-refractivity contribution in [2.75, 3.05) is 5.32 Å². The Bertz CT molecular complexity index is 587. The van der Waals surface area contributed by atoms with Crippen LogP contribution in [0.15, 0.2) is 48.5 Å². The van der Waals surface area contributed by atoms with Crippen molar-refractivity contribution in [1.82, 2.24) is 0 Å². The highest BCUT2D eigenvalue weighted by atomic mass is 16.3. The molecular formula is C18H21NO. The van der Waals surface area contributed by atoms with Gasteiger partial charge in [-0.1, -0.05) is 42.5 Å². The highest BCUT2D eigenvalue weighted by Crippen LogP contribution is 2.40. The summed E-state index contributed by atoms with van der Waals surface area (Å²) in [5, 5.41) is 13.2. The van der Waals surface area contributed by atoms with Crippen molar-refractivity contribution < 1.29 is 5.11 Å². The molecular weight excluding hydrogens is 246 g/mol. The second-order valence-corrected chi connectivity index (χ2v) is 5.64. The van der Waals surface area contributed by atoms with Crippen molar-refractivity contribution >= 4 is 5.69 Å². The Morgan fingerprint density at radius 3 is 2.70 bits per heavy atom. The summed E-state index contributed by atoms with van der Waals surface area (Å²) in [6.07, 6.45) is 2.22. The van der Waals surface area contributed by atoms with E-state index in [4.69, 9.17) is 0 Å². The van der Waals surface area contributed by atoms with Crippen LogP contribution in [0.1, 0.15) is 48.5 Å². The third kappa shape index (κ3) is 3.02. The van der Waals surface area contributed by atoms with Gasteiger partial charge in [-0.25, -0.2) is 0 Å². The Morgan fingerprint density at radius 2 is 1.95 bits per heavy atom. The number of para-hydroxylation sites is 1. The predicted molar refractivity (Wildman–Crippen MR) is 82.8 cm³/mol. The molecule has 2 N–H and O–H groups in total. The van der Waals surface area contributed by atoms with E-state index in [0.717, 1.165) is 23.7 Å². The molecule has 1 unspecified atom stereocenters. The number of aliphatic hydroxyl groups excluding tert-OH is 1. The second-order valence-electron chi connectivity index (χ2n) is 5.64. The van der Waals surface area contributed by atoms with E-state index in [9.17, 15) is 5.11 Å². The quantitative estimate of drug-likeness (QED) is 0.849. The van der Waals surface area contributed by atoms with E-state index in [2.05, 4.69) is 29.6 Å². The van der Waals surface area contributed by atoms with Crippen LogP contribution in [0.5, 0.6) is 0 Å². The minimum absolute atomic E-state index is 0.448. The molecule has 2 heteroatoms. The van der Waals surface area contributed by atoms with Gasteiger partial charge in [0, 0.05) is 17.8 Å². The third-order valence-electron chi connectivity index (χ3n) is 3.89. The maximum absolute atomic E-state index is 9.79. The van der Waals surface area contributed by atoms with E-state index in [1.807, 2.05) is 24.3 Å². The van der Waals surface area contributed by atoms with Gasteiger partial charge in [0.15, 0.2) is 0 Å². The van der Waals surface area contributed by atoms with Gasteiger partial charge in [0.25, 0.3) is 0 Å². The molecule has 0 heterocycles. The van der Waals surface area contributed by atoms with E-state index in [-0.39, 0.29) is 0 Å². The van der Waals surface area contributed by atoms with Crippen molar-refractivity contribution in [1.29, 1.82) is 0 Å². The summed E-state index contributed by atoms with van der Waals surface area (Å²) in [5.74, 6) is 0.791. The summed E-state index contributed by atoms with van der Waals surface area (Å²) < 4.78 is 0. The molecule has 0 bridgehead atoms. The van der Waals surface area contributed by atoms with Gasteiger partial charge in [0.1, 0.15) is 0 Å². The van der Waals surface area contributed by atoms with Gasteiger partial charge >= 0.3 is 0 Å². The summed E-state index contributed by atoms with van der Waals surface area (Å²) in [6, 6.07) is 16.8. The number of rotatable bonds is 5. The minimum Gasteiger partial charge on any atom is -0.389 e. The molecule has 1 aliphatic rings. The van der Waals surface area contributed by atoms with Crippen LogP contribution < -0.4 is 5.32 Å². The maximum Gasteiger partial charge on any atom is 0.0781 e. The highest BCUT2D eigenvalue weighted by molar-refractivity contribution is 5.52. The Hall–Kier alpha value is -1.80. The lowest BCUT2D eigenvalue weighted by atomic mass is 10.1. The normalized spacial score (nSPS) is 15.9. The Balaban J connectivity index is 1.71. The van der Waals surface area contributed by atoms with Crippen LogP contribution in [0, 0.1) is 0 Å². The Morgan fingerprint density at radius 1 is 1.15 bits per heavy atom. The SMILES string of the molecule is CC(O)c1ccccc1NCc1cccc(C2CC2)c1. The first kappa shape index (κ1) is 13.2. The summed E-state index contributed by atoms with van der Waals surface area (Å²) in [6.45, 7) is 2.60. The van der Waals surface area contributed by atoms with Crippen LogP contribution in [0.2, 0.25) is 0 Å². The standard InChI is InChI=1S/C18H21NO/c1-13(20)17-7-2-3-8-18(17)19-12-14-5-4-6-16(11-14)15-9-10-15/h2-8,11,13,15,19-20H,9-10,12H2,1H3. The van der Waals surface area contributed by atoms with Crippen LogP contribution in [0.3, 0.4) is 0 Å². The zero-order valence-corrected chi connectivity index (χ0v) is 11.8. The topological polar surface area (TPSA) is 32.3 Å². The first-order valence-corrected chi connectivity index (χ1v) is 7.34. The van der Waals surface area contributed by atoms with E-state index in [1.54, 1.807) is 6.92 Å². The van der Waals surface area contributed by atoms with E-state index < -0.39 is 6.10 Å². The molecule has 0 aliphatic heterocycles. The van der Waals surface area contributed by atoms with Crippen molar-refractivity contribution in [3.05, 3.63) is 65.2 Å². The first-order valence-electron chi connectivity index (χ1n) is 7.34. The molecule has 3 rings (SSSR count). The van der Waals surface area contributed by atoms with Gasteiger partial charge < -0.3 is 10.4 Å². The number of nitrogens with one attached hydrogen (secondary N) is 1. The van der Waals surface area contributed by atoms with Gasteiger partial charge in [-0.15, -0.1) is 0 Å². The van der Waals surface area contributed by atoms with Crippen LogP contribution in [0.25, 0.3) is 0 Å². The van der Waals surface area contributed by atoms with Gasteiger partial charge in [0.2, 0.25) is 0 Å². The molecule has 20 heavy (non-hydrogen) atoms. The van der Waals surface area contributed by atoms with Gasteiger partial charge in [-0.3, -0.25) is 0 Å². The molecule has 0 spiro atoms. The van der Waals surface area contributed by atoms with E-state index in [1.165, 1.54) is 24.0 Å². The molecule has 0 saturated heterocycles. The Kier molecular flexibility index (Phi) is 3.75. The number of benzene rings is 2. The average Bonchev–Trinajstić information content (AvgIpc) is 3.30.